The number of hydrogen-bond acceptors (Lipinski definition) is 5. The van der Waals surface area contributed by atoms with Gasteiger partial charge < -0.3 is 19.0 Å². The largest absolute Gasteiger partial charge is 0.505 e. The van der Waals surface area contributed by atoms with Crippen molar-refractivity contribution >= 4 is 74.7 Å². The molecule has 0 amide bonds. The molecule has 2 aromatic carbocycles. The lowest BCUT2D eigenvalue weighted by Crippen LogP contribution is -2.15. The summed E-state index contributed by atoms with van der Waals surface area (Å²) >= 11 is 13.4. The summed E-state index contributed by atoms with van der Waals surface area (Å²) in [6.45, 7) is 2.26. The Morgan fingerprint density at radius 1 is 1.03 bits per heavy atom. The zero-order chi connectivity index (χ0) is 22.3. The number of fused-ring (bicyclic) bond motifs is 2. The van der Waals surface area contributed by atoms with Crippen molar-refractivity contribution < 1.29 is 19.0 Å². The molecule has 1 heterocycles. The monoisotopic (exact) mass is 673 g/mol. The molecule has 1 aliphatic heterocycles. The number of benzene rings is 3. The van der Waals surface area contributed by atoms with Crippen LogP contribution in [0.15, 0.2) is 69.6 Å². The van der Waals surface area contributed by atoms with Crippen molar-refractivity contribution in [1.82, 2.24) is 0 Å². The van der Waals surface area contributed by atoms with Crippen molar-refractivity contribution in [3.63, 3.8) is 0 Å². The van der Waals surface area contributed by atoms with Crippen LogP contribution in [0.25, 0.3) is 22.3 Å². The van der Waals surface area contributed by atoms with Crippen LogP contribution in [-0.4, -0.2) is 11.7 Å². The lowest BCUT2D eigenvalue weighted by atomic mass is 10.1. The molecule has 0 bridgehead atoms. The summed E-state index contributed by atoms with van der Waals surface area (Å²) in [5, 5.41) is 10.9. The van der Waals surface area contributed by atoms with Gasteiger partial charge in [0.25, 0.3) is 0 Å². The van der Waals surface area contributed by atoms with Gasteiger partial charge in [-0.25, -0.2) is 0 Å². The van der Waals surface area contributed by atoms with Crippen LogP contribution in [0.3, 0.4) is 0 Å². The van der Waals surface area contributed by atoms with E-state index >= 15 is 0 Å². The normalized spacial score (nSPS) is 11.5. The smallest absolute Gasteiger partial charge is 0.309 e. The Labute approximate surface area is 211 Å². The lowest BCUT2D eigenvalue weighted by molar-refractivity contribution is 0.0515. The maximum atomic E-state index is 12.5. The van der Waals surface area contributed by atoms with E-state index < -0.39 is 0 Å². The number of rotatable bonds is 5. The van der Waals surface area contributed by atoms with Gasteiger partial charge in [0.2, 0.25) is 5.43 Å². The number of phenolic OH excluding ortho intramolecular Hbond substituents is 1. The number of hydrogen-bond donors (Lipinski definition) is 1. The Hall–Kier alpha value is -1.39. The number of halogens is 4. The van der Waals surface area contributed by atoms with Crippen molar-refractivity contribution in [2.45, 2.75) is 6.92 Å². The molecule has 159 valence electrons. The van der Waals surface area contributed by atoms with Crippen LogP contribution >= 0.6 is 63.7 Å². The van der Waals surface area contributed by atoms with Crippen LogP contribution in [0.2, 0.25) is 0 Å². The summed E-state index contributed by atoms with van der Waals surface area (Å²) < 4.78 is 19.5. The van der Waals surface area contributed by atoms with E-state index in [0.29, 0.717) is 48.6 Å². The molecule has 0 spiro atoms. The summed E-state index contributed by atoms with van der Waals surface area (Å²) in [5.41, 5.74) is 1.34. The Morgan fingerprint density at radius 3 is 2.42 bits per heavy atom. The molecular weight excluding hydrogens is 664 g/mol. The standard InChI is InChI=1S/C22H13Br4O5/c1-2-29-22(10-6-4-3-5-7-10)31-19-11-8-13(23)17(27)15(25)20(11)30-21-12(19)9-14(24)18(28)16(21)26/h3-9,27H,2H2,1H3. The summed E-state index contributed by atoms with van der Waals surface area (Å²) in [4.78, 5) is 12.5. The highest BCUT2D eigenvalue weighted by atomic mass is 79.9. The molecule has 0 saturated carbocycles. The van der Waals surface area contributed by atoms with Gasteiger partial charge in [-0.05, 0) is 82.8 Å². The molecule has 2 aromatic rings. The van der Waals surface area contributed by atoms with Gasteiger partial charge in [0.05, 0.1) is 19.9 Å². The minimum Gasteiger partial charge on any atom is -0.505 e. The summed E-state index contributed by atoms with van der Waals surface area (Å²) in [5.74, 6) is 0.655. The van der Waals surface area contributed by atoms with E-state index in [4.69, 9.17) is 13.9 Å². The molecule has 2 aliphatic rings. The minimum absolute atomic E-state index is 0.0331. The second-order valence-corrected chi connectivity index (χ2v) is 9.69. The molecule has 0 saturated heterocycles. The molecule has 1 radical (unpaired) electrons. The van der Waals surface area contributed by atoms with Crippen LogP contribution in [0.1, 0.15) is 12.5 Å². The Kier molecular flexibility index (Phi) is 6.79. The first-order chi connectivity index (χ1) is 14.8. The lowest BCUT2D eigenvalue weighted by Gasteiger charge is -2.22. The second kappa shape index (κ2) is 9.23. The Morgan fingerprint density at radius 2 is 1.74 bits per heavy atom. The van der Waals surface area contributed by atoms with Crippen molar-refractivity contribution in [3.8, 4) is 22.8 Å². The van der Waals surface area contributed by atoms with Crippen molar-refractivity contribution in [2.24, 2.45) is 0 Å². The molecule has 0 unspecified atom stereocenters. The second-order valence-electron chi connectivity index (χ2n) is 6.40. The van der Waals surface area contributed by atoms with E-state index in [0.717, 1.165) is 5.56 Å². The van der Waals surface area contributed by atoms with Crippen LogP contribution in [0, 0.1) is 6.29 Å². The van der Waals surface area contributed by atoms with Gasteiger partial charge in [0.1, 0.15) is 20.4 Å². The average molecular weight is 677 g/mol. The van der Waals surface area contributed by atoms with Gasteiger partial charge in [-0.1, -0.05) is 30.3 Å². The van der Waals surface area contributed by atoms with Crippen LogP contribution in [0.5, 0.6) is 11.5 Å². The fourth-order valence-corrected chi connectivity index (χ4v) is 5.44. The highest BCUT2D eigenvalue weighted by Gasteiger charge is 2.28. The third-order valence-electron chi connectivity index (χ3n) is 4.45. The average Bonchev–Trinajstić information content (AvgIpc) is 2.77. The van der Waals surface area contributed by atoms with Gasteiger partial charge in [-0.15, -0.1) is 0 Å². The molecule has 0 atom stereocenters. The first-order valence-electron chi connectivity index (χ1n) is 9.02. The number of aromatic hydroxyl groups is 1. The van der Waals surface area contributed by atoms with E-state index in [2.05, 4.69) is 63.7 Å². The first kappa shape index (κ1) is 22.8. The van der Waals surface area contributed by atoms with Gasteiger partial charge in [0.15, 0.2) is 11.3 Å². The molecule has 0 fully saturated rings. The fraction of sp³-hybridized carbons (Fsp3) is 0.0909. The van der Waals surface area contributed by atoms with Crippen LogP contribution in [0.4, 0.5) is 0 Å². The van der Waals surface area contributed by atoms with E-state index in [1.807, 2.05) is 37.3 Å². The molecule has 5 nitrogen and oxygen atoms in total. The Balaban J connectivity index is 2.06. The summed E-state index contributed by atoms with van der Waals surface area (Å²) in [7, 11) is 0. The highest BCUT2D eigenvalue weighted by molar-refractivity contribution is 9.11. The predicted molar refractivity (Wildman–Crippen MR) is 133 cm³/mol. The first-order valence-corrected chi connectivity index (χ1v) is 12.2. The summed E-state index contributed by atoms with van der Waals surface area (Å²) in [6.07, 6.45) is 0.302. The molecule has 1 aliphatic carbocycles. The topological polar surface area (TPSA) is 68.9 Å². The third kappa shape index (κ3) is 4.18. The number of phenols is 1. The van der Waals surface area contributed by atoms with Crippen LogP contribution in [-0.2, 0) is 4.74 Å². The third-order valence-corrected chi connectivity index (χ3v) is 7.10. The van der Waals surface area contributed by atoms with Gasteiger partial charge >= 0.3 is 6.29 Å². The van der Waals surface area contributed by atoms with E-state index in [1.54, 1.807) is 12.1 Å². The quantitative estimate of drug-likeness (QED) is 0.221. The molecular formula is C22H13Br4O5. The van der Waals surface area contributed by atoms with E-state index in [-0.39, 0.29) is 21.4 Å². The number of ether oxygens (including phenoxy) is 2. The zero-order valence-electron chi connectivity index (χ0n) is 15.8. The van der Waals surface area contributed by atoms with Crippen molar-refractivity contribution in [3.05, 3.63) is 82.4 Å². The van der Waals surface area contributed by atoms with Gasteiger partial charge in [0, 0.05) is 12.2 Å². The molecule has 4 rings (SSSR count). The minimum atomic E-state index is -0.268. The molecule has 0 aromatic heterocycles. The maximum absolute atomic E-state index is 12.5. The van der Waals surface area contributed by atoms with Crippen molar-refractivity contribution in [2.75, 3.05) is 6.61 Å². The molecule has 1 N–H and O–H groups in total. The SMILES string of the molecule is CCO[C](Oc1c2cc(Br)c(=O)c(Br)c-2oc2c(Br)c(O)c(Br)cc12)c1ccccc1. The highest BCUT2D eigenvalue weighted by Crippen LogP contribution is 2.49. The molecule has 9 heteroatoms. The van der Waals surface area contributed by atoms with E-state index in [9.17, 15) is 9.90 Å². The van der Waals surface area contributed by atoms with Gasteiger partial charge in [-0.2, -0.15) is 0 Å². The summed E-state index contributed by atoms with van der Waals surface area (Å²) in [6, 6.07) is 12.8. The zero-order valence-corrected chi connectivity index (χ0v) is 22.2. The Bertz CT molecular complexity index is 1300. The van der Waals surface area contributed by atoms with Gasteiger partial charge in [-0.3, -0.25) is 4.79 Å². The fourth-order valence-electron chi connectivity index (χ4n) is 3.04. The molecule has 31 heavy (non-hydrogen) atoms. The van der Waals surface area contributed by atoms with Crippen LogP contribution < -0.4 is 10.2 Å². The van der Waals surface area contributed by atoms with Crippen molar-refractivity contribution in [1.29, 1.82) is 0 Å². The predicted octanol–water partition coefficient (Wildman–Crippen LogP) is 7.61. The van der Waals surface area contributed by atoms with E-state index in [1.165, 1.54) is 0 Å². The maximum Gasteiger partial charge on any atom is 0.309 e.